The van der Waals surface area contributed by atoms with E-state index < -0.39 is 0 Å². The molecule has 27 heavy (non-hydrogen) atoms. The van der Waals surface area contributed by atoms with Gasteiger partial charge < -0.3 is 14.8 Å². The maximum Gasteiger partial charge on any atom is 0.220 e. The highest BCUT2D eigenvalue weighted by molar-refractivity contribution is 5.88. The number of aryl methyl sites for hydroxylation is 2. The Hall–Kier alpha value is -3.01. The van der Waals surface area contributed by atoms with E-state index in [9.17, 15) is 4.79 Å². The normalized spacial score (nSPS) is 10.6. The van der Waals surface area contributed by atoms with E-state index in [2.05, 4.69) is 23.5 Å². The zero-order chi connectivity index (χ0) is 19.1. The minimum atomic E-state index is 0.0324. The van der Waals surface area contributed by atoms with E-state index >= 15 is 0 Å². The molecule has 3 aromatic carbocycles. The summed E-state index contributed by atoms with van der Waals surface area (Å²) >= 11 is 0. The number of fused-ring (bicyclic) bond motifs is 1. The van der Waals surface area contributed by atoms with Crippen LogP contribution in [0.1, 0.15) is 17.5 Å². The first-order chi connectivity index (χ1) is 13.2. The first-order valence-corrected chi connectivity index (χ1v) is 9.18. The molecule has 0 spiro atoms. The zero-order valence-electron chi connectivity index (χ0n) is 15.8. The summed E-state index contributed by atoms with van der Waals surface area (Å²) in [6.45, 7) is 2.94. The molecule has 0 aliphatic carbocycles. The Balaban J connectivity index is 1.42. The van der Waals surface area contributed by atoms with Crippen LogP contribution in [0.2, 0.25) is 0 Å². The topological polar surface area (TPSA) is 47.6 Å². The van der Waals surface area contributed by atoms with Gasteiger partial charge in [-0.1, -0.05) is 48.5 Å². The predicted octanol–water partition coefficient (Wildman–Crippen LogP) is 4.28. The van der Waals surface area contributed by atoms with Crippen molar-refractivity contribution < 1.29 is 14.3 Å². The average molecular weight is 363 g/mol. The molecule has 4 heteroatoms. The van der Waals surface area contributed by atoms with Gasteiger partial charge in [0.25, 0.3) is 0 Å². The molecule has 0 unspecified atom stereocenters. The molecule has 3 aromatic rings. The van der Waals surface area contributed by atoms with Crippen LogP contribution in [0.5, 0.6) is 11.5 Å². The minimum absolute atomic E-state index is 0.0324. The van der Waals surface area contributed by atoms with Crippen molar-refractivity contribution in [3.63, 3.8) is 0 Å². The summed E-state index contributed by atoms with van der Waals surface area (Å²) in [4.78, 5) is 12.1. The Labute approximate surface area is 160 Å². The highest BCUT2D eigenvalue weighted by Crippen LogP contribution is 2.24. The molecule has 0 aliphatic rings. The van der Waals surface area contributed by atoms with Crippen molar-refractivity contribution in [3.05, 3.63) is 71.8 Å². The SMILES string of the molecule is COc1ccc(CCC(=O)NCCOc2cccc3ccccc23)cc1C. The van der Waals surface area contributed by atoms with Crippen LogP contribution >= 0.6 is 0 Å². The first kappa shape index (κ1) is 18.8. The summed E-state index contributed by atoms with van der Waals surface area (Å²) in [5.74, 6) is 1.75. The van der Waals surface area contributed by atoms with Gasteiger partial charge in [0.05, 0.1) is 13.7 Å². The summed E-state index contributed by atoms with van der Waals surface area (Å²) in [6, 6.07) is 20.1. The van der Waals surface area contributed by atoms with Crippen molar-refractivity contribution in [1.29, 1.82) is 0 Å². The van der Waals surface area contributed by atoms with Crippen LogP contribution in [-0.2, 0) is 11.2 Å². The summed E-state index contributed by atoms with van der Waals surface area (Å²) < 4.78 is 11.1. The number of hydrogen-bond donors (Lipinski definition) is 1. The van der Waals surface area contributed by atoms with Gasteiger partial charge in [-0.15, -0.1) is 0 Å². The van der Waals surface area contributed by atoms with E-state index in [4.69, 9.17) is 9.47 Å². The van der Waals surface area contributed by atoms with E-state index in [1.807, 2.05) is 49.4 Å². The van der Waals surface area contributed by atoms with Crippen LogP contribution in [0.15, 0.2) is 60.7 Å². The number of carbonyl (C=O) groups is 1. The van der Waals surface area contributed by atoms with Gasteiger partial charge in [0, 0.05) is 11.8 Å². The Bertz CT molecular complexity index is 915. The quantitative estimate of drug-likeness (QED) is 0.608. The molecule has 0 radical (unpaired) electrons. The van der Waals surface area contributed by atoms with E-state index in [0.717, 1.165) is 33.4 Å². The number of rotatable bonds is 8. The molecule has 0 aliphatic heterocycles. The third kappa shape index (κ3) is 5.00. The fourth-order valence-electron chi connectivity index (χ4n) is 3.12. The molecule has 3 rings (SSSR count). The lowest BCUT2D eigenvalue weighted by Crippen LogP contribution is -2.28. The van der Waals surface area contributed by atoms with Gasteiger partial charge >= 0.3 is 0 Å². The monoisotopic (exact) mass is 363 g/mol. The van der Waals surface area contributed by atoms with Gasteiger partial charge in [-0.05, 0) is 42.0 Å². The minimum Gasteiger partial charge on any atom is -0.496 e. The fourth-order valence-corrected chi connectivity index (χ4v) is 3.12. The number of nitrogens with one attached hydrogen (secondary N) is 1. The van der Waals surface area contributed by atoms with Crippen LogP contribution in [0, 0.1) is 6.92 Å². The van der Waals surface area contributed by atoms with Gasteiger partial charge in [-0.25, -0.2) is 0 Å². The summed E-state index contributed by atoms with van der Waals surface area (Å²) in [7, 11) is 1.66. The van der Waals surface area contributed by atoms with E-state index in [-0.39, 0.29) is 5.91 Å². The molecular formula is C23H25NO3. The number of carbonyl (C=O) groups excluding carboxylic acids is 1. The zero-order valence-corrected chi connectivity index (χ0v) is 15.8. The molecule has 0 atom stereocenters. The lowest BCUT2D eigenvalue weighted by Gasteiger charge is -2.10. The van der Waals surface area contributed by atoms with Crippen LogP contribution in [0.4, 0.5) is 0 Å². The number of methoxy groups -OCH3 is 1. The van der Waals surface area contributed by atoms with Crippen LogP contribution in [0.3, 0.4) is 0 Å². The standard InChI is InChI=1S/C23H25NO3/c1-17-16-18(10-12-21(17)26-2)11-13-23(25)24-14-15-27-22-9-5-7-19-6-3-4-8-20(19)22/h3-10,12,16H,11,13-15H2,1-2H3,(H,24,25). The first-order valence-electron chi connectivity index (χ1n) is 9.18. The predicted molar refractivity (Wildman–Crippen MR) is 109 cm³/mol. The lowest BCUT2D eigenvalue weighted by molar-refractivity contribution is -0.121. The molecule has 140 valence electrons. The Morgan fingerprint density at radius 3 is 2.63 bits per heavy atom. The highest BCUT2D eigenvalue weighted by atomic mass is 16.5. The molecule has 0 aromatic heterocycles. The maximum absolute atomic E-state index is 12.1. The van der Waals surface area contributed by atoms with Crippen LogP contribution < -0.4 is 14.8 Å². The summed E-state index contributed by atoms with van der Waals surface area (Å²) in [6.07, 6.45) is 1.17. The second-order valence-corrected chi connectivity index (χ2v) is 6.48. The van der Waals surface area contributed by atoms with Crippen molar-refractivity contribution in [2.75, 3.05) is 20.3 Å². The summed E-state index contributed by atoms with van der Waals surface area (Å²) in [5.41, 5.74) is 2.22. The van der Waals surface area contributed by atoms with E-state index in [1.54, 1.807) is 7.11 Å². The Morgan fingerprint density at radius 1 is 1.00 bits per heavy atom. The third-order valence-electron chi connectivity index (χ3n) is 4.53. The van der Waals surface area contributed by atoms with Gasteiger partial charge in [0.2, 0.25) is 5.91 Å². The highest BCUT2D eigenvalue weighted by Gasteiger charge is 2.05. The van der Waals surface area contributed by atoms with Crippen LogP contribution in [0.25, 0.3) is 10.8 Å². The second-order valence-electron chi connectivity index (χ2n) is 6.48. The second kappa shape index (κ2) is 9.08. The smallest absolute Gasteiger partial charge is 0.220 e. The van der Waals surface area contributed by atoms with E-state index in [1.165, 1.54) is 0 Å². The van der Waals surface area contributed by atoms with Gasteiger partial charge in [-0.3, -0.25) is 4.79 Å². The molecule has 4 nitrogen and oxygen atoms in total. The van der Waals surface area contributed by atoms with E-state index in [0.29, 0.717) is 26.0 Å². The Kier molecular flexibility index (Phi) is 6.31. The molecule has 0 bridgehead atoms. The molecule has 1 N–H and O–H groups in total. The third-order valence-corrected chi connectivity index (χ3v) is 4.53. The molecule has 0 saturated carbocycles. The maximum atomic E-state index is 12.1. The fraction of sp³-hybridized carbons (Fsp3) is 0.261. The number of benzene rings is 3. The number of amides is 1. The molecule has 0 heterocycles. The number of hydrogen-bond acceptors (Lipinski definition) is 3. The molecule has 0 saturated heterocycles. The summed E-state index contributed by atoms with van der Waals surface area (Å²) in [5, 5.41) is 5.15. The molecular weight excluding hydrogens is 338 g/mol. The number of ether oxygens (including phenoxy) is 2. The van der Waals surface area contributed by atoms with Crippen molar-refractivity contribution in [3.8, 4) is 11.5 Å². The van der Waals surface area contributed by atoms with Gasteiger partial charge in [0.15, 0.2) is 0 Å². The van der Waals surface area contributed by atoms with Crippen LogP contribution in [-0.4, -0.2) is 26.2 Å². The molecule has 1 amide bonds. The van der Waals surface area contributed by atoms with Crippen molar-refractivity contribution in [2.24, 2.45) is 0 Å². The van der Waals surface area contributed by atoms with Crippen molar-refractivity contribution >= 4 is 16.7 Å². The van der Waals surface area contributed by atoms with Gasteiger partial charge in [-0.2, -0.15) is 0 Å². The largest absolute Gasteiger partial charge is 0.496 e. The average Bonchev–Trinajstić information content (AvgIpc) is 2.70. The van der Waals surface area contributed by atoms with Crippen molar-refractivity contribution in [2.45, 2.75) is 19.8 Å². The van der Waals surface area contributed by atoms with Gasteiger partial charge in [0.1, 0.15) is 18.1 Å². The Morgan fingerprint density at radius 2 is 1.81 bits per heavy atom. The van der Waals surface area contributed by atoms with Crippen molar-refractivity contribution in [1.82, 2.24) is 5.32 Å². The molecule has 0 fully saturated rings. The lowest BCUT2D eigenvalue weighted by atomic mass is 10.1.